The van der Waals surface area contributed by atoms with Crippen LogP contribution in [0.2, 0.25) is 0 Å². The van der Waals surface area contributed by atoms with Gasteiger partial charge in [0.25, 0.3) is 0 Å². The molecule has 1 atom stereocenters. The highest BCUT2D eigenvalue weighted by molar-refractivity contribution is 5.36. The van der Waals surface area contributed by atoms with E-state index in [-0.39, 0.29) is 5.92 Å². The number of aromatic nitrogens is 1. The first-order valence-electron chi connectivity index (χ1n) is 4.76. The van der Waals surface area contributed by atoms with E-state index in [0.29, 0.717) is 0 Å². The maximum absolute atomic E-state index is 9.16. The second-order valence-electron chi connectivity index (χ2n) is 3.25. The molecule has 1 unspecified atom stereocenters. The van der Waals surface area contributed by atoms with Crippen molar-refractivity contribution in [1.29, 1.82) is 5.26 Å². The van der Waals surface area contributed by atoms with E-state index in [4.69, 9.17) is 5.26 Å². The molecule has 1 aromatic heterocycles. The van der Waals surface area contributed by atoms with Crippen molar-refractivity contribution in [2.75, 3.05) is 0 Å². The standard InChI is InChI=1S/C13H10N2/c14-10-13(11-4-2-1-3-5-11)12-6-8-15-9-7-12/h1-9,13H. The largest absolute Gasteiger partial charge is 0.265 e. The Kier molecular flexibility index (Phi) is 2.75. The van der Waals surface area contributed by atoms with E-state index in [0.717, 1.165) is 11.1 Å². The van der Waals surface area contributed by atoms with Gasteiger partial charge in [0.05, 0.1) is 12.0 Å². The van der Waals surface area contributed by atoms with Gasteiger partial charge in [-0.05, 0) is 23.3 Å². The maximum Gasteiger partial charge on any atom is 0.0963 e. The Hall–Kier alpha value is -2.14. The number of hydrogen-bond acceptors (Lipinski definition) is 2. The van der Waals surface area contributed by atoms with E-state index < -0.39 is 0 Å². The van der Waals surface area contributed by atoms with Gasteiger partial charge in [0.1, 0.15) is 0 Å². The van der Waals surface area contributed by atoms with Crippen molar-refractivity contribution in [3.8, 4) is 6.07 Å². The van der Waals surface area contributed by atoms with Crippen molar-refractivity contribution >= 4 is 0 Å². The third kappa shape index (κ3) is 2.03. The van der Waals surface area contributed by atoms with Gasteiger partial charge in [0, 0.05) is 12.4 Å². The second kappa shape index (κ2) is 4.39. The zero-order valence-electron chi connectivity index (χ0n) is 8.17. The molecule has 0 spiro atoms. The number of benzene rings is 1. The molecule has 2 heteroatoms. The predicted octanol–water partition coefficient (Wildman–Crippen LogP) is 2.74. The quantitative estimate of drug-likeness (QED) is 0.737. The van der Waals surface area contributed by atoms with Crippen molar-refractivity contribution in [2.24, 2.45) is 0 Å². The van der Waals surface area contributed by atoms with E-state index in [9.17, 15) is 0 Å². The maximum atomic E-state index is 9.16. The third-order valence-electron chi connectivity index (χ3n) is 2.30. The Morgan fingerprint density at radius 1 is 0.933 bits per heavy atom. The fourth-order valence-electron chi connectivity index (χ4n) is 1.54. The lowest BCUT2D eigenvalue weighted by Crippen LogP contribution is -1.97. The molecule has 0 fully saturated rings. The molecule has 2 nitrogen and oxygen atoms in total. The summed E-state index contributed by atoms with van der Waals surface area (Å²) in [7, 11) is 0. The van der Waals surface area contributed by atoms with Crippen LogP contribution < -0.4 is 0 Å². The molecule has 72 valence electrons. The number of hydrogen-bond donors (Lipinski definition) is 0. The Morgan fingerprint density at radius 2 is 1.53 bits per heavy atom. The van der Waals surface area contributed by atoms with Crippen LogP contribution in [0.3, 0.4) is 0 Å². The molecule has 0 aliphatic carbocycles. The SMILES string of the molecule is N#CC(c1ccccc1)c1ccncc1. The normalized spacial score (nSPS) is 11.7. The summed E-state index contributed by atoms with van der Waals surface area (Å²) >= 11 is 0. The summed E-state index contributed by atoms with van der Waals surface area (Å²) in [5.41, 5.74) is 2.00. The van der Waals surface area contributed by atoms with Gasteiger partial charge in [-0.25, -0.2) is 0 Å². The molecule has 2 rings (SSSR count). The van der Waals surface area contributed by atoms with Gasteiger partial charge in [-0.3, -0.25) is 4.98 Å². The van der Waals surface area contributed by atoms with Gasteiger partial charge in [-0.2, -0.15) is 5.26 Å². The minimum absolute atomic E-state index is 0.200. The van der Waals surface area contributed by atoms with E-state index in [2.05, 4.69) is 11.1 Å². The fraction of sp³-hybridized carbons (Fsp3) is 0.0769. The van der Waals surface area contributed by atoms with Crippen LogP contribution in [0.15, 0.2) is 54.9 Å². The lowest BCUT2D eigenvalue weighted by Gasteiger charge is -2.08. The van der Waals surface area contributed by atoms with Crippen LogP contribution in [0.1, 0.15) is 17.0 Å². The monoisotopic (exact) mass is 194 g/mol. The summed E-state index contributed by atoms with van der Waals surface area (Å²) < 4.78 is 0. The summed E-state index contributed by atoms with van der Waals surface area (Å²) in [4.78, 5) is 3.95. The lowest BCUT2D eigenvalue weighted by atomic mass is 9.94. The van der Waals surface area contributed by atoms with Gasteiger partial charge >= 0.3 is 0 Å². The number of rotatable bonds is 2. The van der Waals surface area contributed by atoms with Crippen LogP contribution in [-0.2, 0) is 0 Å². The van der Waals surface area contributed by atoms with Gasteiger partial charge in [0.2, 0.25) is 0 Å². The predicted molar refractivity (Wildman–Crippen MR) is 58.1 cm³/mol. The highest BCUT2D eigenvalue weighted by atomic mass is 14.6. The summed E-state index contributed by atoms with van der Waals surface area (Å²) in [5, 5.41) is 9.16. The van der Waals surface area contributed by atoms with E-state index in [1.54, 1.807) is 12.4 Å². The van der Waals surface area contributed by atoms with Crippen molar-refractivity contribution < 1.29 is 0 Å². The van der Waals surface area contributed by atoms with Crippen LogP contribution in [0.4, 0.5) is 0 Å². The summed E-state index contributed by atoms with van der Waals surface area (Å²) in [6, 6.07) is 15.8. The summed E-state index contributed by atoms with van der Waals surface area (Å²) in [5.74, 6) is -0.200. The molecule has 0 aliphatic rings. The zero-order chi connectivity index (χ0) is 10.5. The molecule has 0 aliphatic heterocycles. The minimum atomic E-state index is -0.200. The highest BCUT2D eigenvalue weighted by Crippen LogP contribution is 2.22. The molecule has 0 amide bonds. The van der Waals surface area contributed by atoms with Gasteiger partial charge < -0.3 is 0 Å². The van der Waals surface area contributed by atoms with Crippen LogP contribution >= 0.6 is 0 Å². The minimum Gasteiger partial charge on any atom is -0.265 e. The van der Waals surface area contributed by atoms with Gasteiger partial charge in [-0.15, -0.1) is 0 Å². The Morgan fingerprint density at radius 3 is 2.13 bits per heavy atom. The molecule has 2 aromatic rings. The molecular weight excluding hydrogens is 184 g/mol. The average molecular weight is 194 g/mol. The molecule has 0 saturated heterocycles. The van der Waals surface area contributed by atoms with Crippen LogP contribution in [-0.4, -0.2) is 4.98 Å². The molecule has 0 saturated carbocycles. The summed E-state index contributed by atoms with van der Waals surface area (Å²) in [6.45, 7) is 0. The average Bonchev–Trinajstić information content (AvgIpc) is 2.33. The van der Waals surface area contributed by atoms with Crippen molar-refractivity contribution in [1.82, 2.24) is 4.98 Å². The number of nitriles is 1. The molecule has 0 bridgehead atoms. The number of nitrogens with zero attached hydrogens (tertiary/aromatic N) is 2. The molecule has 1 heterocycles. The van der Waals surface area contributed by atoms with Crippen molar-refractivity contribution in [2.45, 2.75) is 5.92 Å². The second-order valence-corrected chi connectivity index (χ2v) is 3.25. The Labute approximate surface area is 88.8 Å². The van der Waals surface area contributed by atoms with Crippen LogP contribution in [0.25, 0.3) is 0 Å². The van der Waals surface area contributed by atoms with Gasteiger partial charge in [0.15, 0.2) is 0 Å². The molecule has 0 radical (unpaired) electrons. The van der Waals surface area contributed by atoms with E-state index in [1.165, 1.54) is 0 Å². The smallest absolute Gasteiger partial charge is 0.0963 e. The van der Waals surface area contributed by atoms with E-state index in [1.807, 2.05) is 42.5 Å². The van der Waals surface area contributed by atoms with Crippen molar-refractivity contribution in [3.05, 3.63) is 66.0 Å². The van der Waals surface area contributed by atoms with Crippen molar-refractivity contribution in [3.63, 3.8) is 0 Å². The lowest BCUT2D eigenvalue weighted by molar-refractivity contribution is 1.03. The molecular formula is C13H10N2. The first-order chi connectivity index (χ1) is 7.42. The first-order valence-corrected chi connectivity index (χ1v) is 4.76. The zero-order valence-corrected chi connectivity index (χ0v) is 8.17. The van der Waals surface area contributed by atoms with E-state index >= 15 is 0 Å². The van der Waals surface area contributed by atoms with Crippen LogP contribution in [0.5, 0.6) is 0 Å². The molecule has 1 aromatic carbocycles. The molecule has 15 heavy (non-hydrogen) atoms. The van der Waals surface area contributed by atoms with Gasteiger partial charge in [-0.1, -0.05) is 30.3 Å². The van der Waals surface area contributed by atoms with Crippen LogP contribution in [0, 0.1) is 11.3 Å². The number of pyridine rings is 1. The highest BCUT2D eigenvalue weighted by Gasteiger charge is 2.11. The Balaban J connectivity index is 2.39. The topological polar surface area (TPSA) is 36.7 Å². The third-order valence-corrected chi connectivity index (χ3v) is 2.30. The fourth-order valence-corrected chi connectivity index (χ4v) is 1.54. The summed E-state index contributed by atoms with van der Waals surface area (Å²) in [6.07, 6.45) is 3.42. The Bertz CT molecular complexity index is 417. The molecule has 0 N–H and O–H groups in total. The first kappa shape index (κ1) is 9.42.